The van der Waals surface area contributed by atoms with Gasteiger partial charge >= 0.3 is 5.97 Å². The summed E-state index contributed by atoms with van der Waals surface area (Å²) in [4.78, 5) is 22.8. The van der Waals surface area contributed by atoms with Crippen molar-refractivity contribution in [1.82, 2.24) is 0 Å². The van der Waals surface area contributed by atoms with Crippen molar-refractivity contribution in [2.45, 2.75) is 26.7 Å². The molecule has 0 spiro atoms. The number of sulfone groups is 1. The second kappa shape index (κ2) is 7.40. The van der Waals surface area contributed by atoms with E-state index in [-0.39, 0.29) is 11.7 Å². The minimum absolute atomic E-state index is 0.0439. The number of nitrogens with one attached hydrogen (secondary N) is 1. The molecule has 2 N–H and O–H groups in total. The Hall–Kier alpha value is -1.89. The van der Waals surface area contributed by atoms with Gasteiger partial charge in [-0.3, -0.25) is 9.59 Å². The summed E-state index contributed by atoms with van der Waals surface area (Å²) in [5.41, 5.74) is 0.922. The van der Waals surface area contributed by atoms with E-state index in [1.807, 2.05) is 0 Å². The maximum absolute atomic E-state index is 11.8. The molecule has 122 valence electrons. The molecule has 0 saturated heterocycles. The molecular formula is C15H21NO5S. The maximum Gasteiger partial charge on any atom is 0.310 e. The third-order valence-corrected chi connectivity index (χ3v) is 4.86. The van der Waals surface area contributed by atoms with Gasteiger partial charge in [-0.2, -0.15) is 0 Å². The molecule has 0 heterocycles. The average Bonchev–Trinajstić information content (AvgIpc) is 2.35. The average molecular weight is 327 g/mol. The predicted molar refractivity (Wildman–Crippen MR) is 84.6 cm³/mol. The summed E-state index contributed by atoms with van der Waals surface area (Å²) in [6.45, 7) is 5.08. The topological polar surface area (TPSA) is 101 Å². The van der Waals surface area contributed by atoms with E-state index in [0.29, 0.717) is 11.3 Å². The zero-order valence-corrected chi connectivity index (χ0v) is 13.7. The van der Waals surface area contributed by atoms with Crippen LogP contribution >= 0.6 is 0 Å². The fourth-order valence-electron chi connectivity index (χ4n) is 1.99. The first-order valence-corrected chi connectivity index (χ1v) is 8.76. The van der Waals surface area contributed by atoms with Gasteiger partial charge in [0.1, 0.15) is 5.75 Å². The Morgan fingerprint density at radius 1 is 1.23 bits per heavy atom. The number of amides is 1. The van der Waals surface area contributed by atoms with Crippen LogP contribution in [0.15, 0.2) is 24.3 Å². The number of rotatable bonds is 7. The quantitative estimate of drug-likeness (QED) is 0.796. The fourth-order valence-corrected chi connectivity index (χ4v) is 3.60. The fraction of sp³-hybridized carbons (Fsp3) is 0.467. The Labute approximate surface area is 130 Å². The van der Waals surface area contributed by atoms with Crippen LogP contribution in [0.1, 0.15) is 32.3 Å². The summed E-state index contributed by atoms with van der Waals surface area (Å²) < 4.78 is 23.5. The van der Waals surface area contributed by atoms with E-state index in [1.54, 1.807) is 32.0 Å². The second-order valence-electron chi connectivity index (χ2n) is 5.68. The van der Waals surface area contributed by atoms with Crippen molar-refractivity contribution in [2.75, 3.05) is 16.8 Å². The molecule has 1 atom stereocenters. The Morgan fingerprint density at radius 2 is 1.86 bits per heavy atom. The molecule has 1 amide bonds. The largest absolute Gasteiger partial charge is 0.481 e. The van der Waals surface area contributed by atoms with Crippen molar-refractivity contribution >= 4 is 27.4 Å². The van der Waals surface area contributed by atoms with Crippen molar-refractivity contribution < 1.29 is 23.1 Å². The minimum atomic E-state index is -3.45. The predicted octanol–water partition coefficient (Wildman–Crippen LogP) is 1.88. The monoisotopic (exact) mass is 327 g/mol. The number of carboxylic acids is 1. The van der Waals surface area contributed by atoms with E-state index in [1.165, 1.54) is 13.0 Å². The normalized spacial score (nSPS) is 12.9. The highest BCUT2D eigenvalue weighted by Crippen LogP contribution is 2.19. The molecule has 0 fully saturated rings. The van der Waals surface area contributed by atoms with Crippen LogP contribution in [0, 0.1) is 5.92 Å². The molecule has 7 heteroatoms. The lowest BCUT2D eigenvalue weighted by molar-refractivity contribution is -0.138. The summed E-state index contributed by atoms with van der Waals surface area (Å²) in [5, 5.41) is 11.5. The lowest BCUT2D eigenvalue weighted by Gasteiger charge is -2.11. The number of carbonyl (C=O) groups excluding carboxylic acids is 1. The van der Waals surface area contributed by atoms with Gasteiger partial charge in [-0.1, -0.05) is 26.0 Å². The van der Waals surface area contributed by atoms with Crippen LogP contribution in [0.4, 0.5) is 5.69 Å². The number of anilines is 1. The molecule has 0 aliphatic rings. The van der Waals surface area contributed by atoms with E-state index < -0.39 is 33.4 Å². The first kappa shape index (κ1) is 18.2. The maximum atomic E-state index is 11.8. The SMILES string of the molecule is CC(C)CS(=O)(=O)CC(=O)Nc1cccc(C(C)C(=O)O)c1. The molecular weight excluding hydrogens is 306 g/mol. The minimum Gasteiger partial charge on any atom is -0.481 e. The lowest BCUT2D eigenvalue weighted by atomic mass is 10.0. The van der Waals surface area contributed by atoms with E-state index in [0.717, 1.165) is 0 Å². The van der Waals surface area contributed by atoms with Crippen molar-refractivity contribution in [3.63, 3.8) is 0 Å². The van der Waals surface area contributed by atoms with Gasteiger partial charge in [-0.05, 0) is 30.5 Å². The molecule has 22 heavy (non-hydrogen) atoms. The number of carboxylic acid groups (broad SMARTS) is 1. The number of aliphatic carboxylic acids is 1. The van der Waals surface area contributed by atoms with Crippen LogP contribution in [-0.4, -0.2) is 36.9 Å². The highest BCUT2D eigenvalue weighted by Gasteiger charge is 2.19. The molecule has 0 saturated carbocycles. The second-order valence-corrected chi connectivity index (χ2v) is 7.79. The van der Waals surface area contributed by atoms with Crippen molar-refractivity contribution in [1.29, 1.82) is 0 Å². The highest BCUT2D eigenvalue weighted by atomic mass is 32.2. The van der Waals surface area contributed by atoms with Gasteiger partial charge < -0.3 is 10.4 Å². The van der Waals surface area contributed by atoms with Gasteiger partial charge in [0.05, 0.1) is 11.7 Å². The molecule has 0 aromatic heterocycles. The summed E-state index contributed by atoms with van der Waals surface area (Å²) in [5.74, 6) is -2.97. The molecule has 6 nitrogen and oxygen atoms in total. The molecule has 1 unspecified atom stereocenters. The van der Waals surface area contributed by atoms with Gasteiger partial charge in [0.25, 0.3) is 0 Å². The van der Waals surface area contributed by atoms with Gasteiger partial charge in [-0.15, -0.1) is 0 Å². The Balaban J connectivity index is 2.77. The van der Waals surface area contributed by atoms with Crippen LogP contribution in [0.2, 0.25) is 0 Å². The first-order valence-electron chi connectivity index (χ1n) is 6.94. The molecule has 0 bridgehead atoms. The Kier molecular flexibility index (Phi) is 6.11. The molecule has 1 aromatic carbocycles. The molecule has 0 aliphatic carbocycles. The molecule has 1 aromatic rings. The molecule has 0 radical (unpaired) electrons. The van der Waals surface area contributed by atoms with Crippen LogP contribution in [0.3, 0.4) is 0 Å². The van der Waals surface area contributed by atoms with E-state index in [4.69, 9.17) is 5.11 Å². The summed E-state index contributed by atoms with van der Waals surface area (Å²) in [6.07, 6.45) is 0. The van der Waals surface area contributed by atoms with Crippen LogP contribution in [-0.2, 0) is 19.4 Å². The third-order valence-electron chi connectivity index (χ3n) is 2.98. The van der Waals surface area contributed by atoms with Crippen LogP contribution in [0.5, 0.6) is 0 Å². The van der Waals surface area contributed by atoms with Crippen molar-refractivity contribution in [3.05, 3.63) is 29.8 Å². The molecule has 1 rings (SSSR count). The number of hydrogen-bond donors (Lipinski definition) is 2. The number of carbonyl (C=O) groups is 2. The Bertz CT molecular complexity index is 652. The number of benzene rings is 1. The zero-order chi connectivity index (χ0) is 16.9. The van der Waals surface area contributed by atoms with Crippen molar-refractivity contribution in [2.24, 2.45) is 5.92 Å². The summed E-state index contributed by atoms with van der Waals surface area (Å²) in [7, 11) is -3.45. The standard InChI is InChI=1S/C15H21NO5S/c1-10(2)8-22(20,21)9-14(17)16-13-6-4-5-12(7-13)11(3)15(18)19/h4-7,10-11H,8-9H2,1-3H3,(H,16,17)(H,18,19). The van der Waals surface area contributed by atoms with Gasteiger partial charge in [0.2, 0.25) is 5.91 Å². The van der Waals surface area contributed by atoms with E-state index in [2.05, 4.69) is 5.32 Å². The van der Waals surface area contributed by atoms with Crippen molar-refractivity contribution in [3.8, 4) is 0 Å². The lowest BCUT2D eigenvalue weighted by Crippen LogP contribution is -2.26. The first-order chi connectivity index (χ1) is 10.1. The highest BCUT2D eigenvalue weighted by molar-refractivity contribution is 7.92. The third kappa shape index (κ3) is 5.85. The summed E-state index contributed by atoms with van der Waals surface area (Å²) >= 11 is 0. The smallest absolute Gasteiger partial charge is 0.310 e. The Morgan fingerprint density at radius 3 is 2.41 bits per heavy atom. The van der Waals surface area contributed by atoms with Crippen LogP contribution < -0.4 is 5.32 Å². The van der Waals surface area contributed by atoms with Gasteiger partial charge in [-0.25, -0.2) is 8.42 Å². The molecule has 0 aliphatic heterocycles. The van der Waals surface area contributed by atoms with Crippen LogP contribution in [0.25, 0.3) is 0 Å². The summed E-state index contributed by atoms with van der Waals surface area (Å²) in [6, 6.07) is 6.38. The van der Waals surface area contributed by atoms with Gasteiger partial charge in [0.15, 0.2) is 9.84 Å². The number of hydrogen-bond acceptors (Lipinski definition) is 4. The zero-order valence-electron chi connectivity index (χ0n) is 12.9. The van der Waals surface area contributed by atoms with E-state index in [9.17, 15) is 18.0 Å². The van der Waals surface area contributed by atoms with Gasteiger partial charge in [0, 0.05) is 5.69 Å². The van der Waals surface area contributed by atoms with E-state index >= 15 is 0 Å².